The van der Waals surface area contributed by atoms with E-state index in [1.165, 1.54) is 23.5 Å². The summed E-state index contributed by atoms with van der Waals surface area (Å²) in [5.74, 6) is -0.410. The minimum atomic E-state index is -3.81. The number of amides is 1. The van der Waals surface area contributed by atoms with Crippen molar-refractivity contribution in [3.8, 4) is 0 Å². The maximum absolute atomic E-state index is 13.0. The second kappa shape index (κ2) is 7.96. The molecule has 3 aromatic carbocycles. The number of para-hydroxylation sites is 2. The van der Waals surface area contributed by atoms with Crippen LogP contribution >= 0.6 is 0 Å². The van der Waals surface area contributed by atoms with Crippen molar-refractivity contribution >= 4 is 38.2 Å². The highest BCUT2D eigenvalue weighted by Crippen LogP contribution is 2.24. The van der Waals surface area contributed by atoms with Crippen LogP contribution in [0.25, 0.3) is 10.9 Å². The summed E-state index contributed by atoms with van der Waals surface area (Å²) in [4.78, 5) is 17.2. The second-order valence-corrected chi connectivity index (χ2v) is 8.64. The number of hydrogen-bond acceptors (Lipinski definition) is 4. The number of carbonyl (C=O) groups excluding carboxylic acids is 1. The molecule has 0 bridgehead atoms. The molecule has 4 aromatic rings. The van der Waals surface area contributed by atoms with Crippen LogP contribution in [0.4, 0.5) is 11.4 Å². The Balaban J connectivity index is 1.64. The van der Waals surface area contributed by atoms with Gasteiger partial charge in [-0.3, -0.25) is 14.1 Å². The van der Waals surface area contributed by atoms with Gasteiger partial charge in [-0.15, -0.1) is 0 Å². The van der Waals surface area contributed by atoms with E-state index in [1.54, 1.807) is 48.7 Å². The fourth-order valence-electron chi connectivity index (χ4n) is 3.13. The molecule has 0 fully saturated rings. The molecule has 1 amide bonds. The summed E-state index contributed by atoms with van der Waals surface area (Å²) < 4.78 is 27.2. The summed E-state index contributed by atoms with van der Waals surface area (Å²) in [7, 11) is -2.33. The normalized spacial score (nSPS) is 11.2. The number of rotatable bonds is 5. The molecule has 1 aromatic heterocycles. The molecule has 0 radical (unpaired) electrons. The van der Waals surface area contributed by atoms with Crippen molar-refractivity contribution in [2.24, 2.45) is 0 Å². The number of aromatic nitrogens is 1. The van der Waals surface area contributed by atoms with Crippen LogP contribution in [0.15, 0.2) is 96.0 Å². The molecule has 1 heterocycles. The molecule has 0 saturated carbocycles. The van der Waals surface area contributed by atoms with Gasteiger partial charge in [0.05, 0.1) is 21.8 Å². The van der Waals surface area contributed by atoms with Crippen LogP contribution in [0, 0.1) is 0 Å². The zero-order valence-electron chi connectivity index (χ0n) is 16.2. The lowest BCUT2D eigenvalue weighted by Gasteiger charge is -2.19. The second-order valence-electron chi connectivity index (χ2n) is 6.67. The lowest BCUT2D eigenvalue weighted by Crippen LogP contribution is -2.26. The topological polar surface area (TPSA) is 79.4 Å². The maximum Gasteiger partial charge on any atom is 0.264 e. The molecule has 150 valence electrons. The molecule has 30 heavy (non-hydrogen) atoms. The molecule has 7 heteroatoms. The van der Waals surface area contributed by atoms with Crippen molar-refractivity contribution in [3.05, 3.63) is 96.7 Å². The van der Waals surface area contributed by atoms with Crippen molar-refractivity contribution in [2.45, 2.75) is 4.90 Å². The third-order valence-corrected chi connectivity index (χ3v) is 6.54. The Bertz CT molecular complexity index is 1320. The van der Waals surface area contributed by atoms with E-state index in [1.807, 2.05) is 30.3 Å². The van der Waals surface area contributed by atoms with Crippen molar-refractivity contribution in [2.75, 3.05) is 16.7 Å². The first kappa shape index (κ1) is 19.6. The average molecular weight is 417 g/mol. The number of hydrogen-bond donors (Lipinski definition) is 1. The highest BCUT2D eigenvalue weighted by Gasteiger charge is 2.22. The zero-order valence-corrected chi connectivity index (χ0v) is 17.0. The van der Waals surface area contributed by atoms with Gasteiger partial charge in [0.15, 0.2) is 0 Å². The van der Waals surface area contributed by atoms with Crippen LogP contribution in [0.5, 0.6) is 0 Å². The monoisotopic (exact) mass is 417 g/mol. The van der Waals surface area contributed by atoms with Gasteiger partial charge in [0.2, 0.25) is 0 Å². The van der Waals surface area contributed by atoms with Gasteiger partial charge >= 0.3 is 0 Å². The lowest BCUT2D eigenvalue weighted by atomic mass is 10.1. The Morgan fingerprint density at radius 1 is 0.900 bits per heavy atom. The van der Waals surface area contributed by atoms with E-state index >= 15 is 0 Å². The van der Waals surface area contributed by atoms with E-state index in [0.29, 0.717) is 16.9 Å². The summed E-state index contributed by atoms with van der Waals surface area (Å²) in [6.07, 6.45) is 1.66. The Hall–Kier alpha value is -3.71. The van der Waals surface area contributed by atoms with E-state index < -0.39 is 15.9 Å². The number of carbonyl (C=O) groups is 1. The summed E-state index contributed by atoms with van der Waals surface area (Å²) in [6, 6.07) is 24.0. The van der Waals surface area contributed by atoms with Crippen LogP contribution in [-0.2, 0) is 10.0 Å². The Morgan fingerprint density at radius 2 is 1.63 bits per heavy atom. The Labute approximate surface area is 174 Å². The molecule has 0 spiro atoms. The SMILES string of the molecule is CN(c1ccccc1)S(=O)(=O)c1cccc(C(=O)Nc2cccc3cccnc23)c1. The van der Waals surface area contributed by atoms with E-state index in [2.05, 4.69) is 10.3 Å². The van der Waals surface area contributed by atoms with Crippen LogP contribution in [0.2, 0.25) is 0 Å². The van der Waals surface area contributed by atoms with E-state index in [9.17, 15) is 13.2 Å². The molecule has 1 N–H and O–H groups in total. The number of sulfonamides is 1. The molecule has 4 rings (SSSR count). The third-order valence-electron chi connectivity index (χ3n) is 4.76. The van der Waals surface area contributed by atoms with Gasteiger partial charge in [0.1, 0.15) is 0 Å². The molecule has 0 unspecified atom stereocenters. The van der Waals surface area contributed by atoms with Crippen LogP contribution < -0.4 is 9.62 Å². The predicted molar refractivity (Wildman–Crippen MR) is 118 cm³/mol. The molecule has 0 aliphatic rings. The Morgan fingerprint density at radius 3 is 2.43 bits per heavy atom. The number of anilines is 2. The number of pyridine rings is 1. The van der Waals surface area contributed by atoms with Crippen molar-refractivity contribution in [3.63, 3.8) is 0 Å². The zero-order chi connectivity index (χ0) is 21.1. The summed E-state index contributed by atoms with van der Waals surface area (Å²) >= 11 is 0. The smallest absolute Gasteiger partial charge is 0.264 e. The van der Waals surface area contributed by atoms with E-state index in [0.717, 1.165) is 5.39 Å². The first-order chi connectivity index (χ1) is 14.5. The number of nitrogens with zero attached hydrogens (tertiary/aromatic N) is 2. The summed E-state index contributed by atoms with van der Waals surface area (Å²) in [6.45, 7) is 0. The molecule has 0 aliphatic carbocycles. The highest BCUT2D eigenvalue weighted by molar-refractivity contribution is 7.92. The lowest BCUT2D eigenvalue weighted by molar-refractivity contribution is 0.102. The van der Waals surface area contributed by atoms with E-state index in [4.69, 9.17) is 0 Å². The fraction of sp³-hybridized carbons (Fsp3) is 0.0435. The van der Waals surface area contributed by atoms with Crippen LogP contribution in [0.1, 0.15) is 10.4 Å². The minimum absolute atomic E-state index is 0.0394. The maximum atomic E-state index is 13.0. The number of benzene rings is 3. The van der Waals surface area contributed by atoms with Crippen molar-refractivity contribution in [1.29, 1.82) is 0 Å². The van der Waals surface area contributed by atoms with Gasteiger partial charge in [0.25, 0.3) is 15.9 Å². The molecule has 0 atom stereocenters. The standard InChI is InChI=1S/C23H19N3O3S/c1-26(19-11-3-2-4-12-19)30(28,29)20-13-5-9-18(16-20)23(27)25-21-14-6-8-17-10-7-15-24-22(17)21/h2-16H,1H3,(H,25,27). The quantitative estimate of drug-likeness (QED) is 0.525. The summed E-state index contributed by atoms with van der Waals surface area (Å²) in [5, 5.41) is 3.73. The summed E-state index contributed by atoms with van der Waals surface area (Å²) in [5.41, 5.74) is 2.01. The van der Waals surface area contributed by atoms with Crippen molar-refractivity contribution < 1.29 is 13.2 Å². The molecule has 6 nitrogen and oxygen atoms in total. The highest BCUT2D eigenvalue weighted by atomic mass is 32.2. The van der Waals surface area contributed by atoms with Gasteiger partial charge in [-0.1, -0.05) is 42.5 Å². The van der Waals surface area contributed by atoms with Crippen molar-refractivity contribution in [1.82, 2.24) is 4.98 Å². The average Bonchev–Trinajstić information content (AvgIpc) is 2.79. The first-order valence-electron chi connectivity index (χ1n) is 9.26. The van der Waals surface area contributed by atoms with Gasteiger partial charge in [-0.2, -0.15) is 0 Å². The molecule has 0 aliphatic heterocycles. The predicted octanol–water partition coefficient (Wildman–Crippen LogP) is 4.31. The number of nitrogens with one attached hydrogen (secondary N) is 1. The number of fused-ring (bicyclic) bond motifs is 1. The molecule has 0 saturated heterocycles. The minimum Gasteiger partial charge on any atom is -0.320 e. The van der Waals surface area contributed by atoms with Gasteiger partial charge in [-0.05, 0) is 42.5 Å². The van der Waals surface area contributed by atoms with E-state index in [-0.39, 0.29) is 10.5 Å². The molecular weight excluding hydrogens is 398 g/mol. The van der Waals surface area contributed by atoms with Crippen LogP contribution in [-0.4, -0.2) is 26.4 Å². The van der Waals surface area contributed by atoms with Gasteiger partial charge < -0.3 is 5.32 Å². The molecular formula is C23H19N3O3S. The van der Waals surface area contributed by atoms with Crippen LogP contribution in [0.3, 0.4) is 0 Å². The third kappa shape index (κ3) is 3.75. The largest absolute Gasteiger partial charge is 0.320 e. The Kier molecular flexibility index (Phi) is 5.20. The van der Waals surface area contributed by atoms with Gasteiger partial charge in [-0.25, -0.2) is 8.42 Å². The first-order valence-corrected chi connectivity index (χ1v) is 10.7. The van der Waals surface area contributed by atoms with Gasteiger partial charge in [0, 0.05) is 24.2 Å². The fourth-order valence-corrected chi connectivity index (χ4v) is 4.37.